The van der Waals surface area contributed by atoms with Crippen molar-refractivity contribution in [2.45, 2.75) is 84.0 Å². The summed E-state index contributed by atoms with van der Waals surface area (Å²) in [6.07, 6.45) is 0.538. The predicted octanol–water partition coefficient (Wildman–Crippen LogP) is 7.70. The van der Waals surface area contributed by atoms with E-state index in [0.29, 0.717) is 5.01 Å². The third kappa shape index (κ3) is 7.70. The van der Waals surface area contributed by atoms with Gasteiger partial charge in [0.1, 0.15) is 22.7 Å². The molecule has 0 bridgehead atoms. The Morgan fingerprint density at radius 2 is 1.56 bits per heavy atom. The van der Waals surface area contributed by atoms with Gasteiger partial charge in [0.2, 0.25) is 0 Å². The van der Waals surface area contributed by atoms with Crippen LogP contribution in [0.5, 0.6) is 0 Å². The van der Waals surface area contributed by atoms with Crippen molar-refractivity contribution in [3.63, 3.8) is 0 Å². The second kappa shape index (κ2) is 12.7. The lowest BCUT2D eigenvalue weighted by Crippen LogP contribution is -2.35. The number of benzene rings is 2. The molecular weight excluding hydrogens is 564 g/mol. The van der Waals surface area contributed by atoms with Crippen LogP contribution in [0.15, 0.2) is 61.2 Å². The van der Waals surface area contributed by atoms with Crippen LogP contribution in [0.4, 0.5) is 4.79 Å². The van der Waals surface area contributed by atoms with Crippen LogP contribution < -0.4 is 5.32 Å². The first-order valence-electron chi connectivity index (χ1n) is 14.4. The van der Waals surface area contributed by atoms with Gasteiger partial charge in [-0.1, -0.05) is 69.0 Å². The van der Waals surface area contributed by atoms with Crippen LogP contribution in [0.25, 0.3) is 11.1 Å². The average molecular weight is 605 g/mol. The number of nitrogens with zero attached hydrogens (tertiary/aromatic N) is 1. The maximum atomic E-state index is 13.4. The third-order valence-electron chi connectivity index (χ3n) is 6.95. The number of alkyl carbamates (subject to hydrolysis) is 1. The largest absolute Gasteiger partial charge is 0.460 e. The van der Waals surface area contributed by atoms with Crippen molar-refractivity contribution in [3.8, 4) is 11.1 Å². The summed E-state index contributed by atoms with van der Waals surface area (Å²) in [5.41, 5.74) is 2.95. The lowest BCUT2D eigenvalue weighted by molar-refractivity contribution is -0.155. The minimum atomic E-state index is -0.997. The van der Waals surface area contributed by atoms with Crippen LogP contribution in [-0.2, 0) is 19.0 Å². The number of esters is 2. The van der Waals surface area contributed by atoms with Gasteiger partial charge in [-0.2, -0.15) is 0 Å². The smallest absolute Gasteiger partial charge is 0.407 e. The summed E-state index contributed by atoms with van der Waals surface area (Å²) in [5, 5.41) is 3.47. The summed E-state index contributed by atoms with van der Waals surface area (Å²) in [7, 11) is 0. The van der Waals surface area contributed by atoms with Crippen LogP contribution >= 0.6 is 11.3 Å². The molecule has 8 nitrogen and oxygen atoms in total. The molecule has 1 atom stereocenters. The molecule has 1 heterocycles. The molecule has 4 rings (SSSR count). The van der Waals surface area contributed by atoms with Gasteiger partial charge in [-0.15, -0.1) is 11.3 Å². The molecule has 1 aromatic heterocycles. The minimum absolute atomic E-state index is 0.00524. The Morgan fingerprint density at radius 3 is 2.09 bits per heavy atom. The lowest BCUT2D eigenvalue weighted by atomic mass is 9.98. The number of nitrogens with one attached hydrogen (secondary N) is 1. The molecule has 1 aliphatic carbocycles. The maximum absolute atomic E-state index is 13.4. The second-order valence-electron chi connectivity index (χ2n) is 12.4. The number of rotatable bonds is 10. The highest BCUT2D eigenvalue weighted by atomic mass is 32.1. The van der Waals surface area contributed by atoms with Crippen LogP contribution in [0.1, 0.15) is 104 Å². The van der Waals surface area contributed by atoms with Crippen molar-refractivity contribution in [1.82, 2.24) is 10.3 Å². The monoisotopic (exact) mass is 604 g/mol. The highest BCUT2D eigenvalue weighted by molar-refractivity contribution is 7.13. The zero-order valence-electron chi connectivity index (χ0n) is 25.9. The quantitative estimate of drug-likeness (QED) is 0.144. The first kappa shape index (κ1) is 31.9. The number of hydrogen-bond donors (Lipinski definition) is 1. The molecule has 0 spiro atoms. The van der Waals surface area contributed by atoms with Crippen LogP contribution in [0.2, 0.25) is 0 Å². The van der Waals surface area contributed by atoms with Gasteiger partial charge in [-0.05, 0) is 62.9 Å². The predicted molar refractivity (Wildman–Crippen MR) is 167 cm³/mol. The topological polar surface area (TPSA) is 104 Å². The molecule has 1 amide bonds. The van der Waals surface area contributed by atoms with Crippen molar-refractivity contribution in [3.05, 3.63) is 87.9 Å². The Morgan fingerprint density at radius 1 is 0.977 bits per heavy atom. The molecule has 1 aliphatic rings. The molecule has 228 valence electrons. The molecule has 0 saturated carbocycles. The first-order valence-corrected chi connectivity index (χ1v) is 15.2. The summed E-state index contributed by atoms with van der Waals surface area (Å²) < 4.78 is 17.0. The van der Waals surface area contributed by atoms with Gasteiger partial charge < -0.3 is 19.5 Å². The normalized spacial score (nSPS) is 13.6. The first-order chi connectivity index (χ1) is 20.2. The van der Waals surface area contributed by atoms with E-state index < -0.39 is 35.3 Å². The highest BCUT2D eigenvalue weighted by Crippen LogP contribution is 2.44. The van der Waals surface area contributed by atoms with Gasteiger partial charge in [0.25, 0.3) is 0 Å². The van der Waals surface area contributed by atoms with Crippen LogP contribution in [0, 0.1) is 0 Å². The fourth-order valence-corrected chi connectivity index (χ4v) is 5.86. The number of aromatic nitrogens is 1. The number of amides is 1. The van der Waals surface area contributed by atoms with E-state index in [-0.39, 0.29) is 35.4 Å². The molecule has 0 radical (unpaired) electrons. The number of carbonyl (C=O) groups is 3. The number of thiazole rings is 1. The molecule has 2 aromatic carbocycles. The molecule has 1 N–H and O–H groups in total. The van der Waals surface area contributed by atoms with Gasteiger partial charge in [0.15, 0.2) is 0 Å². The minimum Gasteiger partial charge on any atom is -0.460 e. The molecule has 43 heavy (non-hydrogen) atoms. The summed E-state index contributed by atoms with van der Waals surface area (Å²) in [4.78, 5) is 44.6. The van der Waals surface area contributed by atoms with Crippen molar-refractivity contribution in [2.24, 2.45) is 0 Å². The SMILES string of the molecule is C=CC(C)(C)OC(=O)c1sc(C(C)C)nc1[C@H](CC(=O)OC(C)(C)C)NC(=O)OCC1c2ccccc2-c2ccccc21. The van der Waals surface area contributed by atoms with E-state index in [4.69, 9.17) is 19.2 Å². The zero-order chi connectivity index (χ0) is 31.5. The molecule has 9 heteroatoms. The molecule has 0 saturated heterocycles. The summed E-state index contributed by atoms with van der Waals surface area (Å²) in [6, 6.07) is 15.1. The number of fused-ring (bicyclic) bond motifs is 3. The maximum Gasteiger partial charge on any atom is 0.407 e. The van der Waals surface area contributed by atoms with E-state index in [9.17, 15) is 14.4 Å². The number of carbonyl (C=O) groups excluding carboxylic acids is 3. The van der Waals surface area contributed by atoms with E-state index in [1.807, 2.05) is 50.2 Å². The van der Waals surface area contributed by atoms with Crippen molar-refractivity contribution in [1.29, 1.82) is 0 Å². The van der Waals surface area contributed by atoms with Crippen LogP contribution in [0.3, 0.4) is 0 Å². The van der Waals surface area contributed by atoms with Gasteiger partial charge in [-0.25, -0.2) is 14.6 Å². The molecule has 0 fully saturated rings. The number of hydrogen-bond acceptors (Lipinski definition) is 8. The molecular formula is C34H40N2O6S. The van der Waals surface area contributed by atoms with Gasteiger partial charge in [-0.3, -0.25) is 4.79 Å². The lowest BCUT2D eigenvalue weighted by Gasteiger charge is -2.24. The second-order valence-corrected chi connectivity index (χ2v) is 13.5. The fourth-order valence-electron chi connectivity index (χ4n) is 4.85. The summed E-state index contributed by atoms with van der Waals surface area (Å²) in [5.74, 6) is -1.32. The Balaban J connectivity index is 1.61. The van der Waals surface area contributed by atoms with E-state index in [2.05, 4.69) is 24.0 Å². The highest BCUT2D eigenvalue weighted by Gasteiger charge is 2.34. The zero-order valence-corrected chi connectivity index (χ0v) is 26.7. The average Bonchev–Trinajstić information content (AvgIpc) is 3.51. The van der Waals surface area contributed by atoms with Crippen molar-refractivity contribution in [2.75, 3.05) is 6.61 Å². The van der Waals surface area contributed by atoms with Crippen LogP contribution in [-0.4, -0.2) is 40.8 Å². The standard InChI is InChI=1S/C34H40N2O6S/c1-9-34(7,8)42-31(38)29-28(36-30(43-29)20(2)3)26(18-27(37)41-33(4,5)6)35-32(39)40-19-25-23-16-12-10-14-21(23)22-15-11-13-17-24(22)25/h9-17,20,25-26H,1,18-19H2,2-8H3,(H,35,39)/t26-/m0/s1. The van der Waals surface area contributed by atoms with Crippen molar-refractivity contribution < 1.29 is 28.6 Å². The summed E-state index contributed by atoms with van der Waals surface area (Å²) in [6.45, 7) is 16.5. The Labute approximate surface area is 257 Å². The summed E-state index contributed by atoms with van der Waals surface area (Å²) >= 11 is 1.18. The third-order valence-corrected chi connectivity index (χ3v) is 8.30. The molecule has 0 unspecified atom stereocenters. The molecule has 0 aliphatic heterocycles. The van der Waals surface area contributed by atoms with Gasteiger partial charge in [0, 0.05) is 11.8 Å². The molecule has 3 aromatic rings. The Kier molecular flexibility index (Phi) is 9.44. The van der Waals surface area contributed by atoms with E-state index in [1.165, 1.54) is 17.4 Å². The van der Waals surface area contributed by atoms with E-state index in [1.54, 1.807) is 34.6 Å². The number of ether oxygens (including phenoxy) is 3. The van der Waals surface area contributed by atoms with Gasteiger partial charge in [0.05, 0.1) is 23.2 Å². The fraction of sp³-hybridized carbons (Fsp3) is 0.412. The van der Waals surface area contributed by atoms with E-state index >= 15 is 0 Å². The van der Waals surface area contributed by atoms with Gasteiger partial charge >= 0.3 is 18.0 Å². The Hall–Kier alpha value is -3.98. The van der Waals surface area contributed by atoms with Crippen molar-refractivity contribution >= 4 is 29.4 Å². The van der Waals surface area contributed by atoms with E-state index in [0.717, 1.165) is 22.3 Å². The Bertz CT molecular complexity index is 1470.